The number of aliphatic hydroxyl groups is 1. The molecule has 2 nitrogen and oxygen atoms in total. The van der Waals surface area contributed by atoms with Crippen molar-refractivity contribution in [1.82, 2.24) is 4.98 Å². The summed E-state index contributed by atoms with van der Waals surface area (Å²) in [5.74, 6) is 1.03. The molecule has 1 saturated carbocycles. The summed E-state index contributed by atoms with van der Waals surface area (Å²) in [5.41, 5.74) is 2.52. The SMILES string of the molecule is OC(CC1CCCCCC1)C1CCc2cccnc21. The van der Waals surface area contributed by atoms with Crippen LogP contribution in [-0.4, -0.2) is 16.2 Å². The average Bonchev–Trinajstić information content (AvgIpc) is 2.70. The van der Waals surface area contributed by atoms with E-state index in [0.29, 0.717) is 5.92 Å². The smallest absolute Gasteiger partial charge is 0.0626 e. The van der Waals surface area contributed by atoms with Crippen LogP contribution in [0.25, 0.3) is 0 Å². The van der Waals surface area contributed by atoms with Gasteiger partial charge in [-0.2, -0.15) is 0 Å². The molecule has 0 saturated heterocycles. The average molecular weight is 259 g/mol. The molecule has 2 aliphatic rings. The van der Waals surface area contributed by atoms with Gasteiger partial charge in [0.05, 0.1) is 6.10 Å². The maximum Gasteiger partial charge on any atom is 0.0626 e. The summed E-state index contributed by atoms with van der Waals surface area (Å²) in [7, 11) is 0. The first-order valence-corrected chi connectivity index (χ1v) is 7.96. The van der Waals surface area contributed by atoms with Crippen molar-refractivity contribution in [2.24, 2.45) is 5.92 Å². The Morgan fingerprint density at radius 1 is 1.16 bits per heavy atom. The quantitative estimate of drug-likeness (QED) is 0.837. The molecular weight excluding hydrogens is 234 g/mol. The Hall–Kier alpha value is -0.890. The van der Waals surface area contributed by atoms with E-state index >= 15 is 0 Å². The van der Waals surface area contributed by atoms with Gasteiger partial charge in [0.1, 0.15) is 0 Å². The van der Waals surface area contributed by atoms with E-state index in [1.807, 2.05) is 12.3 Å². The van der Waals surface area contributed by atoms with Crippen LogP contribution in [0, 0.1) is 5.92 Å². The first-order valence-electron chi connectivity index (χ1n) is 7.96. The molecule has 0 bridgehead atoms. The Morgan fingerprint density at radius 2 is 1.95 bits per heavy atom. The number of aryl methyl sites for hydroxylation is 1. The molecule has 0 aliphatic heterocycles. The Kier molecular flexibility index (Phi) is 4.17. The summed E-state index contributed by atoms with van der Waals surface area (Å²) in [6, 6.07) is 4.18. The molecule has 0 spiro atoms. The summed E-state index contributed by atoms with van der Waals surface area (Å²) in [6.45, 7) is 0. The lowest BCUT2D eigenvalue weighted by Gasteiger charge is -2.23. The number of hydrogen-bond acceptors (Lipinski definition) is 2. The van der Waals surface area contributed by atoms with Crippen LogP contribution < -0.4 is 0 Å². The van der Waals surface area contributed by atoms with Gasteiger partial charge in [0, 0.05) is 17.8 Å². The molecule has 3 rings (SSSR count). The van der Waals surface area contributed by atoms with E-state index in [1.165, 1.54) is 49.8 Å². The highest BCUT2D eigenvalue weighted by atomic mass is 16.3. The van der Waals surface area contributed by atoms with Crippen molar-refractivity contribution in [3.8, 4) is 0 Å². The van der Waals surface area contributed by atoms with Crippen LogP contribution >= 0.6 is 0 Å². The minimum atomic E-state index is -0.181. The van der Waals surface area contributed by atoms with Crippen LogP contribution in [0.3, 0.4) is 0 Å². The number of hydrogen-bond donors (Lipinski definition) is 1. The molecule has 1 N–H and O–H groups in total. The van der Waals surface area contributed by atoms with Gasteiger partial charge in [-0.05, 0) is 36.8 Å². The van der Waals surface area contributed by atoms with Crippen LogP contribution in [0.15, 0.2) is 18.3 Å². The van der Waals surface area contributed by atoms with E-state index in [9.17, 15) is 5.11 Å². The summed E-state index contributed by atoms with van der Waals surface area (Å²) in [6.07, 6.45) is 13.0. The van der Waals surface area contributed by atoms with Crippen molar-refractivity contribution < 1.29 is 5.11 Å². The number of pyridine rings is 1. The summed E-state index contributed by atoms with van der Waals surface area (Å²) in [5, 5.41) is 10.6. The number of aliphatic hydroxyl groups excluding tert-OH is 1. The summed E-state index contributed by atoms with van der Waals surface area (Å²) < 4.78 is 0. The van der Waals surface area contributed by atoms with Gasteiger partial charge in [-0.3, -0.25) is 4.98 Å². The van der Waals surface area contributed by atoms with Gasteiger partial charge < -0.3 is 5.11 Å². The van der Waals surface area contributed by atoms with Gasteiger partial charge >= 0.3 is 0 Å². The lowest BCUT2D eigenvalue weighted by molar-refractivity contribution is 0.108. The van der Waals surface area contributed by atoms with E-state index in [1.54, 1.807) is 0 Å². The standard InChI is InChI=1S/C17H25NO/c19-16(12-13-6-3-1-2-4-7-13)15-10-9-14-8-5-11-18-17(14)15/h5,8,11,13,15-16,19H,1-4,6-7,9-10,12H2. The van der Waals surface area contributed by atoms with Crippen LogP contribution in [-0.2, 0) is 6.42 Å². The van der Waals surface area contributed by atoms with Gasteiger partial charge in [0.2, 0.25) is 0 Å². The van der Waals surface area contributed by atoms with Gasteiger partial charge in [-0.1, -0.05) is 44.6 Å². The van der Waals surface area contributed by atoms with Crippen molar-refractivity contribution in [2.75, 3.05) is 0 Å². The molecule has 1 fully saturated rings. The first-order chi connectivity index (χ1) is 9.34. The maximum atomic E-state index is 10.6. The lowest BCUT2D eigenvalue weighted by Crippen LogP contribution is -2.21. The van der Waals surface area contributed by atoms with Crippen molar-refractivity contribution in [2.45, 2.75) is 69.8 Å². The topological polar surface area (TPSA) is 33.1 Å². The zero-order valence-electron chi connectivity index (χ0n) is 11.7. The second-order valence-electron chi connectivity index (χ2n) is 6.35. The van der Waals surface area contributed by atoms with E-state index in [-0.39, 0.29) is 6.10 Å². The maximum absolute atomic E-state index is 10.6. The Bertz CT molecular complexity index is 409. The molecule has 0 amide bonds. The van der Waals surface area contributed by atoms with Gasteiger partial charge in [0.15, 0.2) is 0 Å². The zero-order valence-corrected chi connectivity index (χ0v) is 11.7. The predicted molar refractivity (Wildman–Crippen MR) is 77.1 cm³/mol. The molecule has 1 aromatic heterocycles. The fourth-order valence-corrected chi connectivity index (χ4v) is 3.92. The molecule has 1 heterocycles. The highest BCUT2D eigenvalue weighted by molar-refractivity contribution is 5.29. The third-order valence-corrected chi connectivity index (χ3v) is 5.02. The minimum absolute atomic E-state index is 0.181. The molecule has 2 atom stereocenters. The fraction of sp³-hybridized carbons (Fsp3) is 0.706. The first kappa shape index (κ1) is 13.1. The normalized spacial score (nSPS) is 25.8. The zero-order chi connectivity index (χ0) is 13.1. The second kappa shape index (κ2) is 6.04. The van der Waals surface area contributed by atoms with E-state index in [2.05, 4.69) is 11.1 Å². The van der Waals surface area contributed by atoms with E-state index < -0.39 is 0 Å². The third kappa shape index (κ3) is 3.00. The number of nitrogens with zero attached hydrogens (tertiary/aromatic N) is 1. The van der Waals surface area contributed by atoms with Gasteiger partial charge in [-0.25, -0.2) is 0 Å². The van der Waals surface area contributed by atoms with Crippen molar-refractivity contribution in [3.63, 3.8) is 0 Å². The van der Waals surface area contributed by atoms with Crippen molar-refractivity contribution in [3.05, 3.63) is 29.6 Å². The monoisotopic (exact) mass is 259 g/mol. The summed E-state index contributed by atoms with van der Waals surface area (Å²) in [4.78, 5) is 4.51. The predicted octanol–water partition coefficient (Wildman–Crippen LogP) is 3.83. The molecule has 2 heteroatoms. The molecule has 0 radical (unpaired) electrons. The fourth-order valence-electron chi connectivity index (χ4n) is 3.92. The molecule has 104 valence electrons. The molecule has 1 aromatic rings. The molecular formula is C17H25NO. The number of rotatable bonds is 3. The number of fused-ring (bicyclic) bond motifs is 1. The van der Waals surface area contributed by atoms with Crippen LogP contribution in [0.4, 0.5) is 0 Å². The summed E-state index contributed by atoms with van der Waals surface area (Å²) >= 11 is 0. The second-order valence-corrected chi connectivity index (χ2v) is 6.35. The van der Waals surface area contributed by atoms with Gasteiger partial charge in [0.25, 0.3) is 0 Å². The molecule has 2 aliphatic carbocycles. The van der Waals surface area contributed by atoms with Crippen LogP contribution in [0.5, 0.6) is 0 Å². The molecule has 0 aromatic carbocycles. The Labute approximate surface area is 116 Å². The van der Waals surface area contributed by atoms with E-state index in [0.717, 1.165) is 25.2 Å². The van der Waals surface area contributed by atoms with Crippen molar-refractivity contribution in [1.29, 1.82) is 0 Å². The number of aromatic nitrogens is 1. The third-order valence-electron chi connectivity index (χ3n) is 5.02. The highest BCUT2D eigenvalue weighted by Gasteiger charge is 2.31. The van der Waals surface area contributed by atoms with Crippen LogP contribution in [0.2, 0.25) is 0 Å². The lowest BCUT2D eigenvalue weighted by atomic mass is 9.87. The minimum Gasteiger partial charge on any atom is -0.392 e. The van der Waals surface area contributed by atoms with E-state index in [4.69, 9.17) is 0 Å². The molecule has 2 unspecified atom stereocenters. The van der Waals surface area contributed by atoms with Crippen LogP contribution in [0.1, 0.15) is 68.5 Å². The highest BCUT2D eigenvalue weighted by Crippen LogP contribution is 2.37. The van der Waals surface area contributed by atoms with Gasteiger partial charge in [-0.15, -0.1) is 0 Å². The largest absolute Gasteiger partial charge is 0.392 e. The Morgan fingerprint density at radius 3 is 2.74 bits per heavy atom. The van der Waals surface area contributed by atoms with Crippen molar-refractivity contribution >= 4 is 0 Å². The Balaban J connectivity index is 1.63. The molecule has 19 heavy (non-hydrogen) atoms.